The summed E-state index contributed by atoms with van der Waals surface area (Å²) < 4.78 is 11.2. The van der Waals surface area contributed by atoms with Crippen LogP contribution in [0.2, 0.25) is 0 Å². The number of carboxylic acid groups (broad SMARTS) is 1. The lowest BCUT2D eigenvalue weighted by Crippen LogP contribution is -1.98. The maximum absolute atomic E-state index is 10.8. The highest BCUT2D eigenvalue weighted by molar-refractivity contribution is 5.87. The molecule has 0 saturated heterocycles. The number of nitro groups is 1. The fourth-order valence-corrected chi connectivity index (χ4v) is 2.22. The zero-order valence-corrected chi connectivity index (χ0v) is 13.9. The van der Waals surface area contributed by atoms with E-state index < -0.39 is 10.9 Å². The summed E-state index contributed by atoms with van der Waals surface area (Å²) in [5, 5.41) is 19.6. The number of aromatic nitrogens is 1. The van der Waals surface area contributed by atoms with E-state index in [1.165, 1.54) is 30.5 Å². The summed E-state index contributed by atoms with van der Waals surface area (Å²) in [6.07, 6.45) is 1.22. The number of carboxylic acids is 1. The molecule has 0 saturated carbocycles. The van der Waals surface area contributed by atoms with Crippen LogP contribution in [0.1, 0.15) is 15.9 Å². The van der Waals surface area contributed by atoms with E-state index in [2.05, 4.69) is 4.98 Å². The molecule has 0 radical (unpaired) electrons. The van der Waals surface area contributed by atoms with Crippen LogP contribution in [-0.2, 0) is 6.61 Å². The van der Waals surface area contributed by atoms with E-state index in [9.17, 15) is 14.9 Å². The third-order valence-electron chi connectivity index (χ3n) is 3.56. The number of ether oxygens (including phenoxy) is 2. The molecule has 0 fully saturated rings. The molecule has 0 unspecified atom stereocenters. The molecule has 136 valence electrons. The summed E-state index contributed by atoms with van der Waals surface area (Å²) in [5.74, 6) is 0.292. The Balaban J connectivity index is 1.59. The van der Waals surface area contributed by atoms with Gasteiger partial charge in [-0.25, -0.2) is 9.78 Å². The molecule has 1 aromatic heterocycles. The van der Waals surface area contributed by atoms with Gasteiger partial charge in [0.25, 0.3) is 5.69 Å². The van der Waals surface area contributed by atoms with Gasteiger partial charge in [0, 0.05) is 24.4 Å². The van der Waals surface area contributed by atoms with Crippen LogP contribution in [0.15, 0.2) is 66.9 Å². The minimum absolute atomic E-state index is 0.0151. The molecule has 8 nitrogen and oxygen atoms in total. The van der Waals surface area contributed by atoms with Crippen molar-refractivity contribution in [3.05, 3.63) is 88.1 Å². The van der Waals surface area contributed by atoms with Gasteiger partial charge in [-0.2, -0.15) is 0 Å². The predicted octanol–water partition coefficient (Wildman–Crippen LogP) is 4.06. The average molecular weight is 366 g/mol. The lowest BCUT2D eigenvalue weighted by Gasteiger charge is -2.08. The zero-order valence-electron chi connectivity index (χ0n) is 13.9. The molecule has 8 heteroatoms. The average Bonchev–Trinajstić information content (AvgIpc) is 2.68. The second-order valence-corrected chi connectivity index (χ2v) is 5.48. The smallest absolute Gasteiger partial charge is 0.337 e. The summed E-state index contributed by atoms with van der Waals surface area (Å²) >= 11 is 0. The lowest BCUT2D eigenvalue weighted by atomic mass is 10.2. The first-order chi connectivity index (χ1) is 13.0. The second-order valence-electron chi connectivity index (χ2n) is 5.48. The van der Waals surface area contributed by atoms with Crippen molar-refractivity contribution in [2.24, 2.45) is 0 Å². The van der Waals surface area contributed by atoms with Crippen LogP contribution in [0.5, 0.6) is 17.4 Å². The topological polar surface area (TPSA) is 112 Å². The van der Waals surface area contributed by atoms with E-state index in [1.54, 1.807) is 36.4 Å². The standard InChI is InChI=1S/C19H14N2O6/c22-19(23)14-4-9-18(20-11-14)27-17-7-5-16(6-8-17)26-12-13-2-1-3-15(10-13)21(24)25/h1-11H,12H2,(H,22,23). The molecule has 2 aromatic carbocycles. The van der Waals surface area contributed by atoms with Crippen molar-refractivity contribution in [3.63, 3.8) is 0 Å². The first-order valence-corrected chi connectivity index (χ1v) is 7.84. The Labute approximate surface area is 153 Å². The maximum atomic E-state index is 10.8. The first-order valence-electron chi connectivity index (χ1n) is 7.84. The van der Waals surface area contributed by atoms with E-state index in [1.807, 2.05) is 0 Å². The SMILES string of the molecule is O=C(O)c1ccc(Oc2ccc(OCc3cccc([N+](=O)[O-])c3)cc2)nc1. The van der Waals surface area contributed by atoms with Crippen LogP contribution in [0.4, 0.5) is 5.69 Å². The Bertz CT molecular complexity index is 955. The molecule has 1 heterocycles. The van der Waals surface area contributed by atoms with E-state index >= 15 is 0 Å². The molecule has 0 atom stereocenters. The highest BCUT2D eigenvalue weighted by Gasteiger charge is 2.07. The van der Waals surface area contributed by atoms with Gasteiger partial charge >= 0.3 is 5.97 Å². The van der Waals surface area contributed by atoms with Gasteiger partial charge in [-0.1, -0.05) is 12.1 Å². The second kappa shape index (κ2) is 7.96. The molecule has 0 aliphatic rings. The molecule has 27 heavy (non-hydrogen) atoms. The molecular formula is C19H14N2O6. The number of nitrogens with zero attached hydrogens (tertiary/aromatic N) is 2. The monoisotopic (exact) mass is 366 g/mol. The number of rotatable bonds is 7. The van der Waals surface area contributed by atoms with Crippen molar-refractivity contribution < 1.29 is 24.3 Å². The molecule has 0 aliphatic heterocycles. The minimum atomic E-state index is -1.06. The van der Waals surface area contributed by atoms with Gasteiger partial charge in [0.05, 0.1) is 10.5 Å². The first kappa shape index (κ1) is 17.9. The molecular weight excluding hydrogens is 352 g/mol. The Hall–Kier alpha value is -3.94. The van der Waals surface area contributed by atoms with Crippen molar-refractivity contribution in [3.8, 4) is 17.4 Å². The predicted molar refractivity (Wildman–Crippen MR) is 95.1 cm³/mol. The molecule has 0 bridgehead atoms. The van der Waals surface area contributed by atoms with Crippen LogP contribution >= 0.6 is 0 Å². The number of carbonyl (C=O) groups is 1. The van der Waals surface area contributed by atoms with Crippen molar-refractivity contribution >= 4 is 11.7 Å². The van der Waals surface area contributed by atoms with Crippen molar-refractivity contribution in [2.75, 3.05) is 0 Å². The van der Waals surface area contributed by atoms with Crippen LogP contribution in [0.3, 0.4) is 0 Å². The van der Waals surface area contributed by atoms with Gasteiger partial charge in [-0.05, 0) is 35.9 Å². The summed E-state index contributed by atoms with van der Waals surface area (Å²) in [4.78, 5) is 25.1. The van der Waals surface area contributed by atoms with E-state index in [-0.39, 0.29) is 23.7 Å². The third-order valence-corrected chi connectivity index (χ3v) is 3.56. The molecule has 3 rings (SSSR count). The number of aromatic carboxylic acids is 1. The van der Waals surface area contributed by atoms with Crippen molar-refractivity contribution in [2.45, 2.75) is 6.61 Å². The zero-order chi connectivity index (χ0) is 19.2. The quantitative estimate of drug-likeness (QED) is 0.495. The van der Waals surface area contributed by atoms with Crippen LogP contribution in [0, 0.1) is 10.1 Å². The highest BCUT2D eigenvalue weighted by Crippen LogP contribution is 2.23. The summed E-state index contributed by atoms with van der Waals surface area (Å²) in [5.41, 5.74) is 0.778. The van der Waals surface area contributed by atoms with E-state index in [4.69, 9.17) is 14.6 Å². The highest BCUT2D eigenvalue weighted by atomic mass is 16.6. The molecule has 3 aromatic rings. The lowest BCUT2D eigenvalue weighted by molar-refractivity contribution is -0.384. The van der Waals surface area contributed by atoms with Crippen LogP contribution in [-0.4, -0.2) is 21.0 Å². The number of pyridine rings is 1. The van der Waals surface area contributed by atoms with E-state index in [0.717, 1.165) is 0 Å². The van der Waals surface area contributed by atoms with Gasteiger partial charge in [-0.3, -0.25) is 10.1 Å². The maximum Gasteiger partial charge on any atom is 0.337 e. The number of hydrogen-bond acceptors (Lipinski definition) is 6. The van der Waals surface area contributed by atoms with Crippen LogP contribution < -0.4 is 9.47 Å². The van der Waals surface area contributed by atoms with Gasteiger partial charge in [0.2, 0.25) is 5.88 Å². The number of hydrogen-bond donors (Lipinski definition) is 1. The van der Waals surface area contributed by atoms with Gasteiger partial charge < -0.3 is 14.6 Å². The molecule has 0 aliphatic carbocycles. The number of nitro benzene ring substituents is 1. The largest absolute Gasteiger partial charge is 0.489 e. The van der Waals surface area contributed by atoms with Crippen molar-refractivity contribution in [1.82, 2.24) is 4.98 Å². The summed E-state index contributed by atoms with van der Waals surface area (Å²) in [6, 6.07) is 15.9. The summed E-state index contributed by atoms with van der Waals surface area (Å²) in [6.45, 7) is 0.195. The molecule has 0 amide bonds. The Morgan fingerprint density at radius 2 is 1.81 bits per heavy atom. The number of non-ortho nitro benzene ring substituents is 1. The fraction of sp³-hybridized carbons (Fsp3) is 0.0526. The summed E-state index contributed by atoms with van der Waals surface area (Å²) in [7, 11) is 0. The fourth-order valence-electron chi connectivity index (χ4n) is 2.22. The van der Waals surface area contributed by atoms with Crippen LogP contribution in [0.25, 0.3) is 0 Å². The number of benzene rings is 2. The Morgan fingerprint density at radius 1 is 1.07 bits per heavy atom. The Morgan fingerprint density at radius 3 is 2.44 bits per heavy atom. The van der Waals surface area contributed by atoms with E-state index in [0.29, 0.717) is 17.1 Å². The van der Waals surface area contributed by atoms with Gasteiger partial charge in [0.1, 0.15) is 18.1 Å². The van der Waals surface area contributed by atoms with Gasteiger partial charge in [-0.15, -0.1) is 0 Å². The minimum Gasteiger partial charge on any atom is -0.489 e. The third kappa shape index (κ3) is 4.79. The van der Waals surface area contributed by atoms with Gasteiger partial charge in [0.15, 0.2) is 0 Å². The Kier molecular flexibility index (Phi) is 5.27. The van der Waals surface area contributed by atoms with Crippen molar-refractivity contribution in [1.29, 1.82) is 0 Å². The molecule has 0 spiro atoms. The normalized spacial score (nSPS) is 10.2. The molecule has 1 N–H and O–H groups in total.